The van der Waals surface area contributed by atoms with Gasteiger partial charge in [0.2, 0.25) is 0 Å². The Hall–Kier alpha value is -2.91. The first-order chi connectivity index (χ1) is 12.7. The minimum absolute atomic E-state index is 0.861. The lowest BCUT2D eigenvalue weighted by atomic mass is 9.99. The molecule has 4 rings (SSSR count). The zero-order valence-corrected chi connectivity index (χ0v) is 15.6. The van der Waals surface area contributed by atoms with Crippen LogP contribution in [0.5, 0.6) is 5.75 Å². The molecular formula is C23H19NOS. The van der Waals surface area contributed by atoms with Crippen LogP contribution < -0.4 is 4.74 Å². The summed E-state index contributed by atoms with van der Waals surface area (Å²) in [4.78, 5) is 6.13. The number of hydrogen-bond acceptors (Lipinski definition) is 3. The van der Waals surface area contributed by atoms with Gasteiger partial charge in [0.05, 0.1) is 23.4 Å². The summed E-state index contributed by atoms with van der Waals surface area (Å²) in [6.45, 7) is 2.13. The third kappa shape index (κ3) is 3.26. The Labute approximate surface area is 157 Å². The summed E-state index contributed by atoms with van der Waals surface area (Å²) in [7, 11) is 1.69. The molecule has 26 heavy (non-hydrogen) atoms. The second-order valence-corrected chi connectivity index (χ2v) is 7.09. The molecular weight excluding hydrogens is 338 g/mol. The largest absolute Gasteiger partial charge is 0.497 e. The molecule has 0 aliphatic heterocycles. The standard InChI is InChI=1S/C23H19NOS/c1-16-6-3-4-7-20(16)21-14-18(17-9-11-19(25-2)12-10-17)15-22(24-21)23-8-5-13-26-23/h3-15H,1-2H3. The van der Waals surface area contributed by atoms with Gasteiger partial charge in [-0.05, 0) is 59.3 Å². The molecule has 0 N–H and O–H groups in total. The first-order valence-electron chi connectivity index (χ1n) is 8.51. The van der Waals surface area contributed by atoms with E-state index in [1.54, 1.807) is 18.4 Å². The summed E-state index contributed by atoms with van der Waals surface area (Å²) in [6, 6.07) is 25.1. The molecule has 2 heterocycles. The average Bonchev–Trinajstić information content (AvgIpc) is 3.23. The van der Waals surface area contributed by atoms with Crippen LogP contribution in [0.4, 0.5) is 0 Å². The van der Waals surface area contributed by atoms with Gasteiger partial charge in [0.25, 0.3) is 0 Å². The van der Waals surface area contributed by atoms with E-state index in [0.717, 1.165) is 28.3 Å². The molecule has 0 atom stereocenters. The average molecular weight is 357 g/mol. The Morgan fingerprint density at radius 3 is 2.27 bits per heavy atom. The minimum Gasteiger partial charge on any atom is -0.497 e. The van der Waals surface area contributed by atoms with Crippen LogP contribution in [0.1, 0.15) is 5.56 Å². The van der Waals surface area contributed by atoms with Crippen LogP contribution in [0.15, 0.2) is 78.2 Å². The smallest absolute Gasteiger partial charge is 0.118 e. The van der Waals surface area contributed by atoms with Gasteiger partial charge in [-0.3, -0.25) is 0 Å². The van der Waals surface area contributed by atoms with E-state index in [0.29, 0.717) is 0 Å². The van der Waals surface area contributed by atoms with E-state index in [4.69, 9.17) is 9.72 Å². The fraction of sp³-hybridized carbons (Fsp3) is 0.0870. The summed E-state index contributed by atoms with van der Waals surface area (Å²) in [6.07, 6.45) is 0. The fourth-order valence-corrected chi connectivity index (χ4v) is 3.72. The van der Waals surface area contributed by atoms with Crippen LogP contribution in [0, 0.1) is 6.92 Å². The van der Waals surface area contributed by atoms with Crippen molar-refractivity contribution in [2.75, 3.05) is 7.11 Å². The van der Waals surface area contributed by atoms with Crippen molar-refractivity contribution < 1.29 is 4.74 Å². The molecule has 0 saturated carbocycles. The number of benzene rings is 2. The summed E-state index contributed by atoms with van der Waals surface area (Å²) in [5, 5.41) is 2.09. The number of aromatic nitrogens is 1. The maximum atomic E-state index is 5.29. The van der Waals surface area contributed by atoms with Crippen molar-refractivity contribution in [1.82, 2.24) is 4.98 Å². The monoisotopic (exact) mass is 357 g/mol. The Morgan fingerprint density at radius 1 is 0.808 bits per heavy atom. The van der Waals surface area contributed by atoms with E-state index < -0.39 is 0 Å². The van der Waals surface area contributed by atoms with E-state index >= 15 is 0 Å². The minimum atomic E-state index is 0.861. The van der Waals surface area contributed by atoms with Crippen molar-refractivity contribution in [2.24, 2.45) is 0 Å². The number of hydrogen-bond donors (Lipinski definition) is 0. The SMILES string of the molecule is COc1ccc(-c2cc(-c3cccs3)nc(-c3ccccc3C)c2)cc1. The molecule has 2 aromatic heterocycles. The molecule has 0 aliphatic rings. The van der Waals surface area contributed by atoms with Gasteiger partial charge < -0.3 is 4.74 Å². The van der Waals surface area contributed by atoms with Crippen molar-refractivity contribution in [3.05, 3.63) is 83.7 Å². The second kappa shape index (κ2) is 7.14. The number of thiophene rings is 1. The number of methoxy groups -OCH3 is 1. The molecule has 2 aromatic carbocycles. The molecule has 0 spiro atoms. The molecule has 0 saturated heterocycles. The second-order valence-electron chi connectivity index (χ2n) is 6.15. The summed E-state index contributed by atoms with van der Waals surface area (Å²) in [5.41, 5.74) is 6.71. The highest BCUT2D eigenvalue weighted by Crippen LogP contribution is 2.33. The normalized spacial score (nSPS) is 10.7. The highest BCUT2D eigenvalue weighted by atomic mass is 32.1. The Morgan fingerprint density at radius 2 is 1.58 bits per heavy atom. The van der Waals surface area contributed by atoms with Crippen molar-refractivity contribution in [3.8, 4) is 38.7 Å². The lowest BCUT2D eigenvalue weighted by Gasteiger charge is -2.11. The quantitative estimate of drug-likeness (QED) is 0.418. The third-order valence-electron chi connectivity index (χ3n) is 4.44. The van der Waals surface area contributed by atoms with Crippen molar-refractivity contribution in [3.63, 3.8) is 0 Å². The zero-order chi connectivity index (χ0) is 17.9. The van der Waals surface area contributed by atoms with Gasteiger partial charge in [0.15, 0.2) is 0 Å². The summed E-state index contributed by atoms with van der Waals surface area (Å²) >= 11 is 1.71. The molecule has 0 bridgehead atoms. The van der Waals surface area contributed by atoms with Gasteiger partial charge in [0, 0.05) is 5.56 Å². The van der Waals surface area contributed by atoms with Gasteiger partial charge in [0.1, 0.15) is 5.75 Å². The van der Waals surface area contributed by atoms with E-state index in [2.05, 4.69) is 73.0 Å². The van der Waals surface area contributed by atoms with Crippen molar-refractivity contribution in [1.29, 1.82) is 0 Å². The van der Waals surface area contributed by atoms with E-state index in [9.17, 15) is 0 Å². The summed E-state index contributed by atoms with van der Waals surface area (Å²) in [5.74, 6) is 0.861. The maximum Gasteiger partial charge on any atom is 0.118 e. The Kier molecular flexibility index (Phi) is 4.55. The molecule has 0 amide bonds. The maximum absolute atomic E-state index is 5.29. The number of aryl methyl sites for hydroxylation is 1. The van der Waals surface area contributed by atoms with E-state index in [1.807, 2.05) is 12.1 Å². The number of nitrogens with zero attached hydrogens (tertiary/aromatic N) is 1. The predicted octanol–water partition coefficient (Wildman–Crippen LogP) is 6.46. The highest BCUT2D eigenvalue weighted by molar-refractivity contribution is 7.13. The molecule has 0 fully saturated rings. The van der Waals surface area contributed by atoms with Gasteiger partial charge in [-0.25, -0.2) is 4.98 Å². The molecule has 0 aliphatic carbocycles. The highest BCUT2D eigenvalue weighted by Gasteiger charge is 2.11. The predicted molar refractivity (Wildman–Crippen MR) is 110 cm³/mol. The van der Waals surface area contributed by atoms with Crippen molar-refractivity contribution >= 4 is 11.3 Å². The zero-order valence-electron chi connectivity index (χ0n) is 14.8. The molecule has 0 radical (unpaired) electrons. The van der Waals surface area contributed by atoms with Crippen LogP contribution in [0.3, 0.4) is 0 Å². The fourth-order valence-electron chi connectivity index (χ4n) is 3.03. The first kappa shape index (κ1) is 16.6. The van der Waals surface area contributed by atoms with Gasteiger partial charge in [-0.2, -0.15) is 0 Å². The van der Waals surface area contributed by atoms with Gasteiger partial charge >= 0.3 is 0 Å². The molecule has 3 heteroatoms. The van der Waals surface area contributed by atoms with Crippen molar-refractivity contribution in [2.45, 2.75) is 6.92 Å². The molecule has 0 unspecified atom stereocenters. The Balaban J connectivity index is 1.89. The topological polar surface area (TPSA) is 22.1 Å². The van der Waals surface area contributed by atoms with Crippen LogP contribution >= 0.6 is 11.3 Å². The van der Waals surface area contributed by atoms with E-state index in [1.165, 1.54) is 16.0 Å². The summed E-state index contributed by atoms with van der Waals surface area (Å²) < 4.78 is 5.29. The molecule has 128 valence electrons. The molecule has 4 aromatic rings. The number of pyridine rings is 1. The first-order valence-corrected chi connectivity index (χ1v) is 9.39. The third-order valence-corrected chi connectivity index (χ3v) is 5.34. The lowest BCUT2D eigenvalue weighted by molar-refractivity contribution is 0.415. The van der Waals surface area contributed by atoms with Crippen LogP contribution in [0.2, 0.25) is 0 Å². The van der Waals surface area contributed by atoms with Crippen LogP contribution in [-0.4, -0.2) is 12.1 Å². The molecule has 2 nitrogen and oxygen atoms in total. The van der Waals surface area contributed by atoms with Crippen LogP contribution in [-0.2, 0) is 0 Å². The van der Waals surface area contributed by atoms with Gasteiger partial charge in [-0.15, -0.1) is 11.3 Å². The van der Waals surface area contributed by atoms with E-state index in [-0.39, 0.29) is 0 Å². The Bertz CT molecular complexity index is 1020. The number of rotatable bonds is 4. The lowest BCUT2D eigenvalue weighted by Crippen LogP contribution is -1.92. The number of ether oxygens (including phenoxy) is 1. The van der Waals surface area contributed by atoms with Crippen LogP contribution in [0.25, 0.3) is 33.0 Å². The van der Waals surface area contributed by atoms with Gasteiger partial charge in [-0.1, -0.05) is 42.5 Å².